The van der Waals surface area contributed by atoms with Gasteiger partial charge in [-0.3, -0.25) is 19.3 Å². The van der Waals surface area contributed by atoms with Gasteiger partial charge in [0.15, 0.2) is 11.5 Å². The van der Waals surface area contributed by atoms with E-state index in [0.717, 1.165) is 24.4 Å². The minimum absolute atomic E-state index is 0.0583. The Labute approximate surface area is 255 Å². The highest BCUT2D eigenvalue weighted by molar-refractivity contribution is 6.76. The van der Waals surface area contributed by atoms with Crippen LogP contribution in [0.3, 0.4) is 0 Å². The molecule has 11 nitrogen and oxygen atoms in total. The van der Waals surface area contributed by atoms with Gasteiger partial charge in [-0.2, -0.15) is 5.26 Å². The van der Waals surface area contributed by atoms with Crippen LogP contribution in [0.4, 0.5) is 5.82 Å². The van der Waals surface area contributed by atoms with Crippen LogP contribution in [0.2, 0.25) is 30.7 Å². The topological polar surface area (TPSA) is 133 Å². The summed E-state index contributed by atoms with van der Waals surface area (Å²) in [5, 5.41) is 12.6. The minimum Gasteiger partial charge on any atom is -0.361 e. The quantitative estimate of drug-likeness (QED) is 0.267. The van der Waals surface area contributed by atoms with Crippen LogP contribution >= 0.6 is 11.6 Å². The number of anilines is 1. The van der Waals surface area contributed by atoms with Crippen LogP contribution in [0.1, 0.15) is 39.1 Å². The van der Waals surface area contributed by atoms with Gasteiger partial charge in [0.2, 0.25) is 5.91 Å². The number of carbonyl (C=O) groups excluding carboxylic acids is 3. The summed E-state index contributed by atoms with van der Waals surface area (Å²) >= 11 is 6.37. The fourth-order valence-corrected chi connectivity index (χ4v) is 6.42. The number of nitriles is 1. The summed E-state index contributed by atoms with van der Waals surface area (Å²) in [6, 6.07) is 7.71. The Hall–Kier alpha value is -3.79. The van der Waals surface area contributed by atoms with Gasteiger partial charge in [0.25, 0.3) is 11.8 Å². The molecule has 1 aromatic carbocycles. The van der Waals surface area contributed by atoms with Gasteiger partial charge in [-0.1, -0.05) is 37.3 Å². The van der Waals surface area contributed by atoms with Crippen molar-refractivity contribution < 1.29 is 19.1 Å². The molecule has 0 bridgehead atoms. The number of ether oxygens (including phenoxy) is 1. The van der Waals surface area contributed by atoms with Crippen molar-refractivity contribution in [2.24, 2.45) is 11.8 Å². The lowest BCUT2D eigenvalue weighted by atomic mass is 9.99. The second-order valence-electron chi connectivity index (χ2n) is 12.8. The zero-order valence-corrected chi connectivity index (χ0v) is 26.2. The lowest BCUT2D eigenvalue weighted by Gasteiger charge is -2.37. The van der Waals surface area contributed by atoms with Crippen molar-refractivity contribution in [2.45, 2.75) is 57.8 Å². The molecule has 1 saturated carbocycles. The van der Waals surface area contributed by atoms with E-state index in [0.29, 0.717) is 47.3 Å². The predicted octanol–water partition coefficient (Wildman–Crippen LogP) is 4.05. The normalized spacial score (nSPS) is 17.5. The van der Waals surface area contributed by atoms with Gasteiger partial charge in [0.1, 0.15) is 18.3 Å². The second kappa shape index (κ2) is 11.4. The molecule has 1 N–H and O–H groups in total. The van der Waals surface area contributed by atoms with E-state index in [9.17, 15) is 14.4 Å². The third-order valence-corrected chi connectivity index (χ3v) is 10.3. The molecule has 4 heterocycles. The first-order valence-electron chi connectivity index (χ1n) is 14.6. The predicted molar refractivity (Wildman–Crippen MR) is 163 cm³/mol. The van der Waals surface area contributed by atoms with Crippen molar-refractivity contribution in [2.75, 3.05) is 24.6 Å². The number of rotatable bonds is 10. The van der Waals surface area contributed by atoms with E-state index in [2.05, 4.69) is 36.0 Å². The monoisotopic (exact) mass is 619 g/mol. The summed E-state index contributed by atoms with van der Waals surface area (Å²) in [6.07, 6.45) is 4.87. The van der Waals surface area contributed by atoms with Crippen molar-refractivity contribution in [3.63, 3.8) is 0 Å². The first kappa shape index (κ1) is 29.3. The molecule has 3 aromatic rings. The lowest BCUT2D eigenvalue weighted by Crippen LogP contribution is -2.57. The molecule has 13 heteroatoms. The maximum absolute atomic E-state index is 13.8. The van der Waals surface area contributed by atoms with Crippen LogP contribution < -0.4 is 10.2 Å². The molecule has 1 saturated heterocycles. The van der Waals surface area contributed by atoms with Crippen LogP contribution in [0.5, 0.6) is 0 Å². The molecule has 1 atom stereocenters. The molecular weight excluding hydrogens is 586 g/mol. The van der Waals surface area contributed by atoms with E-state index in [-0.39, 0.29) is 42.5 Å². The van der Waals surface area contributed by atoms with E-state index in [1.807, 2.05) is 0 Å². The molecule has 2 aromatic heterocycles. The number of amides is 3. The Morgan fingerprint density at radius 1 is 1.26 bits per heavy atom. The minimum atomic E-state index is -1.30. The third kappa shape index (κ3) is 5.89. The van der Waals surface area contributed by atoms with Gasteiger partial charge in [-0.15, -0.1) is 0 Å². The van der Waals surface area contributed by atoms with Crippen LogP contribution in [-0.2, 0) is 22.8 Å². The zero-order valence-electron chi connectivity index (χ0n) is 24.5. The molecule has 2 aliphatic heterocycles. The number of fused-ring (bicyclic) bond motifs is 2. The van der Waals surface area contributed by atoms with Crippen LogP contribution in [0.15, 0.2) is 30.6 Å². The fourth-order valence-electron chi connectivity index (χ4n) is 5.43. The average Bonchev–Trinajstić information content (AvgIpc) is 3.64. The lowest BCUT2D eigenvalue weighted by molar-refractivity contribution is -0.138. The number of nitrogens with zero attached hydrogens (tertiary/aromatic N) is 6. The van der Waals surface area contributed by atoms with Gasteiger partial charge >= 0.3 is 0 Å². The van der Waals surface area contributed by atoms with Crippen LogP contribution in [0.25, 0.3) is 11.2 Å². The fraction of sp³-hybridized carbons (Fsp3) is 0.467. The Kier molecular flexibility index (Phi) is 7.74. The number of hydrogen-bond acceptors (Lipinski definition) is 7. The maximum Gasteiger partial charge on any atom is 0.260 e. The smallest absolute Gasteiger partial charge is 0.260 e. The average molecular weight is 620 g/mol. The van der Waals surface area contributed by atoms with Crippen molar-refractivity contribution >= 4 is 54.4 Å². The van der Waals surface area contributed by atoms with Gasteiger partial charge in [-0.05, 0) is 36.9 Å². The molecule has 0 radical (unpaired) electrons. The Balaban J connectivity index is 1.29. The summed E-state index contributed by atoms with van der Waals surface area (Å²) in [5.41, 5.74) is 2.23. The summed E-state index contributed by atoms with van der Waals surface area (Å²) in [4.78, 5) is 52.8. The Bertz CT molecular complexity index is 1650. The first-order valence-corrected chi connectivity index (χ1v) is 18.6. The number of benzene rings is 1. The Morgan fingerprint density at radius 3 is 2.70 bits per heavy atom. The number of hydrogen-bond donors (Lipinski definition) is 1. The SMILES string of the molecule is C[Si](C)(C)CCOCn1cc(C(=O)N[C@@H](C(=O)N2CC(C#N)C2)C2CC2)c2nc(N3Cc4c(Cl)cccc4C3=O)cnc21. The molecule has 43 heavy (non-hydrogen) atoms. The Morgan fingerprint density at radius 2 is 2.02 bits per heavy atom. The number of halogens is 1. The second-order valence-corrected chi connectivity index (χ2v) is 18.8. The molecule has 6 rings (SSSR count). The molecule has 3 amide bonds. The van der Waals surface area contributed by atoms with E-state index < -0.39 is 20.0 Å². The summed E-state index contributed by atoms with van der Waals surface area (Å²) < 4.78 is 7.71. The number of likely N-dealkylation sites (tertiary alicyclic amines) is 1. The molecule has 0 unspecified atom stereocenters. The standard InChI is InChI=1S/C30H34ClN7O4Si/c1-43(2,3)10-9-42-17-37-15-22(28(39)35-25(19-7-8-19)30(41)36-13-18(11-32)14-36)26-27(37)33-12-24(34-26)38-16-21-20(29(38)40)5-4-6-23(21)31/h4-6,12,15,18-19,25H,7-10,13-14,16-17H2,1-3H3,(H,35,39)/t25-/m1/s1. The molecule has 224 valence electrons. The van der Waals surface area contributed by atoms with Crippen LogP contribution in [0, 0.1) is 23.2 Å². The zero-order chi connectivity index (χ0) is 30.5. The van der Waals surface area contributed by atoms with Gasteiger partial charge in [-0.25, -0.2) is 9.97 Å². The van der Waals surface area contributed by atoms with Gasteiger partial charge in [0.05, 0.1) is 30.3 Å². The number of carbonyl (C=O) groups is 3. The van der Waals surface area contributed by atoms with Gasteiger partial charge in [0, 0.05) is 50.1 Å². The molecule has 2 fully saturated rings. The largest absolute Gasteiger partial charge is 0.361 e. The van der Waals surface area contributed by atoms with E-state index in [1.54, 1.807) is 33.9 Å². The number of nitrogens with one attached hydrogen (secondary N) is 1. The molecule has 1 aliphatic carbocycles. The first-order chi connectivity index (χ1) is 20.5. The summed E-state index contributed by atoms with van der Waals surface area (Å²) in [6.45, 7) is 8.61. The third-order valence-electron chi connectivity index (χ3n) is 8.23. The van der Waals surface area contributed by atoms with Crippen molar-refractivity contribution in [3.05, 3.63) is 52.3 Å². The molecule has 3 aliphatic rings. The molecule has 0 spiro atoms. The highest BCUT2D eigenvalue weighted by Gasteiger charge is 2.43. The highest BCUT2D eigenvalue weighted by Crippen LogP contribution is 2.35. The summed E-state index contributed by atoms with van der Waals surface area (Å²) in [7, 11) is -1.30. The van der Waals surface area contributed by atoms with E-state index >= 15 is 0 Å². The van der Waals surface area contributed by atoms with Crippen LogP contribution in [-0.4, -0.2) is 71.0 Å². The van der Waals surface area contributed by atoms with Crippen molar-refractivity contribution in [1.29, 1.82) is 5.26 Å². The van der Waals surface area contributed by atoms with Crippen molar-refractivity contribution in [3.8, 4) is 6.07 Å². The van der Waals surface area contributed by atoms with Crippen molar-refractivity contribution in [1.82, 2.24) is 24.8 Å². The van der Waals surface area contributed by atoms with E-state index in [1.165, 1.54) is 11.1 Å². The maximum atomic E-state index is 13.8. The van der Waals surface area contributed by atoms with E-state index in [4.69, 9.17) is 26.6 Å². The highest BCUT2D eigenvalue weighted by atomic mass is 35.5. The van der Waals surface area contributed by atoms with Gasteiger partial charge < -0.3 is 19.5 Å². The number of aromatic nitrogens is 3. The summed E-state index contributed by atoms with van der Waals surface area (Å²) in [5.74, 6) is -0.654. The molecular formula is C30H34ClN7O4Si.